The van der Waals surface area contributed by atoms with Crippen molar-refractivity contribution in [3.05, 3.63) is 42.2 Å². The van der Waals surface area contributed by atoms with E-state index in [4.69, 9.17) is 4.74 Å². The monoisotopic (exact) mass is 279 g/mol. The number of amides is 1. The van der Waals surface area contributed by atoms with E-state index in [2.05, 4.69) is 5.32 Å². The van der Waals surface area contributed by atoms with Gasteiger partial charge in [0.05, 0.1) is 11.8 Å². The normalized spacial score (nSPS) is 12.2. The number of carbonyl (C=O) groups is 2. The van der Waals surface area contributed by atoms with Crippen molar-refractivity contribution in [3.63, 3.8) is 0 Å². The maximum Gasteiger partial charge on any atom is 0.331 e. The lowest BCUT2D eigenvalue weighted by Gasteiger charge is -2.09. The molecule has 0 radical (unpaired) electrons. The smallest absolute Gasteiger partial charge is 0.331 e. The molecule has 0 saturated heterocycles. The van der Waals surface area contributed by atoms with E-state index in [-0.39, 0.29) is 11.8 Å². The van der Waals surface area contributed by atoms with E-state index in [9.17, 15) is 14.0 Å². The molecule has 0 bridgehead atoms. The van der Waals surface area contributed by atoms with Gasteiger partial charge in [-0.1, -0.05) is 25.5 Å². The van der Waals surface area contributed by atoms with Crippen LogP contribution in [0, 0.1) is 5.82 Å². The van der Waals surface area contributed by atoms with E-state index >= 15 is 0 Å². The maximum atomic E-state index is 13.3. The second-order valence-electron chi connectivity index (χ2n) is 4.34. The molecule has 1 aromatic carbocycles. The number of para-hydroxylation sites is 1. The summed E-state index contributed by atoms with van der Waals surface area (Å²) in [4.78, 5) is 22.9. The van der Waals surface area contributed by atoms with Gasteiger partial charge in [-0.15, -0.1) is 0 Å². The Labute approximate surface area is 117 Å². The Bertz CT molecular complexity index is 500. The van der Waals surface area contributed by atoms with Crippen molar-refractivity contribution < 1.29 is 18.7 Å². The predicted octanol–water partition coefficient (Wildman–Crippen LogP) is 3.05. The average Bonchev–Trinajstić information content (AvgIpc) is 2.39. The molecule has 1 amide bonds. The number of ether oxygens (including phenoxy) is 1. The van der Waals surface area contributed by atoms with Gasteiger partial charge in [0.15, 0.2) is 0 Å². The van der Waals surface area contributed by atoms with Gasteiger partial charge < -0.3 is 10.1 Å². The Hall–Kier alpha value is -2.17. The Morgan fingerprint density at radius 1 is 1.35 bits per heavy atom. The minimum absolute atomic E-state index is 0.0647. The molecule has 0 fully saturated rings. The van der Waals surface area contributed by atoms with E-state index in [0.29, 0.717) is 0 Å². The van der Waals surface area contributed by atoms with Crippen molar-refractivity contribution in [1.29, 1.82) is 0 Å². The second-order valence-corrected chi connectivity index (χ2v) is 4.34. The molecule has 1 rings (SSSR count). The van der Waals surface area contributed by atoms with Crippen molar-refractivity contribution in [2.75, 3.05) is 5.32 Å². The van der Waals surface area contributed by atoms with E-state index in [1.165, 1.54) is 18.2 Å². The first-order valence-electron chi connectivity index (χ1n) is 6.47. The highest BCUT2D eigenvalue weighted by Gasteiger charge is 2.07. The fraction of sp³-hybridized carbons (Fsp3) is 0.333. The summed E-state index contributed by atoms with van der Waals surface area (Å²) in [6.07, 6.45) is 3.54. The summed E-state index contributed by atoms with van der Waals surface area (Å²) in [6, 6.07) is 5.79. The van der Waals surface area contributed by atoms with E-state index in [1.54, 1.807) is 13.0 Å². The number of anilines is 1. The molecule has 1 atom stereocenters. The van der Waals surface area contributed by atoms with Crippen LogP contribution in [0.1, 0.15) is 26.7 Å². The zero-order valence-electron chi connectivity index (χ0n) is 11.6. The number of hydrogen-bond acceptors (Lipinski definition) is 3. The lowest BCUT2D eigenvalue weighted by Crippen LogP contribution is -2.14. The summed E-state index contributed by atoms with van der Waals surface area (Å²) in [5, 5.41) is 2.34. The van der Waals surface area contributed by atoms with Gasteiger partial charge in [0.25, 0.3) is 0 Å². The molecular weight excluding hydrogens is 261 g/mol. The molecule has 0 saturated carbocycles. The van der Waals surface area contributed by atoms with Crippen LogP contribution in [0.15, 0.2) is 36.4 Å². The third-order valence-corrected chi connectivity index (χ3v) is 2.52. The van der Waals surface area contributed by atoms with Crippen LogP contribution in [0.4, 0.5) is 10.1 Å². The fourth-order valence-electron chi connectivity index (χ4n) is 1.58. The van der Waals surface area contributed by atoms with Crippen LogP contribution in [-0.4, -0.2) is 18.0 Å². The highest BCUT2D eigenvalue weighted by atomic mass is 19.1. The quantitative estimate of drug-likeness (QED) is 0.643. The highest BCUT2D eigenvalue weighted by Crippen LogP contribution is 2.12. The van der Waals surface area contributed by atoms with Crippen LogP contribution in [0.25, 0.3) is 0 Å². The van der Waals surface area contributed by atoms with Crippen LogP contribution in [0.5, 0.6) is 0 Å². The first-order chi connectivity index (χ1) is 9.52. The SMILES string of the molecule is CCCC(C)OC(=O)/C=C/C(=O)Nc1ccccc1F. The zero-order chi connectivity index (χ0) is 15.0. The van der Waals surface area contributed by atoms with Gasteiger partial charge in [0.1, 0.15) is 5.82 Å². The lowest BCUT2D eigenvalue weighted by atomic mass is 10.2. The largest absolute Gasteiger partial charge is 0.460 e. The molecule has 4 nitrogen and oxygen atoms in total. The van der Waals surface area contributed by atoms with E-state index < -0.39 is 17.7 Å². The molecule has 0 spiro atoms. The number of halogens is 1. The highest BCUT2D eigenvalue weighted by molar-refractivity contribution is 6.02. The van der Waals surface area contributed by atoms with Gasteiger partial charge in [0, 0.05) is 12.2 Å². The lowest BCUT2D eigenvalue weighted by molar-refractivity contribution is -0.142. The number of esters is 1. The topological polar surface area (TPSA) is 55.4 Å². The summed E-state index contributed by atoms with van der Waals surface area (Å²) < 4.78 is 18.3. The van der Waals surface area contributed by atoms with Crippen LogP contribution in [-0.2, 0) is 14.3 Å². The van der Waals surface area contributed by atoms with Crippen LogP contribution < -0.4 is 5.32 Å². The molecule has 1 N–H and O–H groups in total. The molecule has 1 aromatic rings. The molecule has 0 heterocycles. The van der Waals surface area contributed by atoms with Crippen molar-refractivity contribution in [2.45, 2.75) is 32.8 Å². The Morgan fingerprint density at radius 3 is 2.70 bits per heavy atom. The molecule has 108 valence electrons. The van der Waals surface area contributed by atoms with Crippen molar-refractivity contribution >= 4 is 17.6 Å². The fourth-order valence-corrected chi connectivity index (χ4v) is 1.58. The molecule has 0 aliphatic heterocycles. The summed E-state index contributed by atoms with van der Waals surface area (Å²) in [5.41, 5.74) is 0.0647. The molecule has 0 aromatic heterocycles. The van der Waals surface area contributed by atoms with Gasteiger partial charge in [0.2, 0.25) is 5.91 Å². The standard InChI is InChI=1S/C15H18FNO3/c1-3-6-11(2)20-15(19)10-9-14(18)17-13-8-5-4-7-12(13)16/h4-5,7-11H,3,6H2,1-2H3,(H,17,18)/b10-9+. The minimum atomic E-state index is -0.588. The molecule has 1 unspecified atom stereocenters. The molecule has 5 heteroatoms. The number of rotatable bonds is 6. The average molecular weight is 279 g/mol. The zero-order valence-corrected chi connectivity index (χ0v) is 11.6. The minimum Gasteiger partial charge on any atom is -0.460 e. The molecule has 0 aliphatic carbocycles. The third-order valence-electron chi connectivity index (χ3n) is 2.52. The van der Waals surface area contributed by atoms with Crippen molar-refractivity contribution in [2.24, 2.45) is 0 Å². The molecule has 20 heavy (non-hydrogen) atoms. The molecule has 0 aliphatic rings. The predicted molar refractivity (Wildman–Crippen MR) is 74.6 cm³/mol. The van der Waals surface area contributed by atoms with Crippen molar-refractivity contribution in [1.82, 2.24) is 0 Å². The summed E-state index contributed by atoms with van der Waals surface area (Å²) in [5.74, 6) is -1.71. The Balaban J connectivity index is 2.48. The van der Waals surface area contributed by atoms with Gasteiger partial charge in [-0.3, -0.25) is 4.79 Å². The molecular formula is C15H18FNO3. The van der Waals surface area contributed by atoms with Crippen LogP contribution in [0.2, 0.25) is 0 Å². The van der Waals surface area contributed by atoms with Gasteiger partial charge in [-0.05, 0) is 25.5 Å². The Morgan fingerprint density at radius 2 is 2.05 bits per heavy atom. The maximum absolute atomic E-state index is 13.3. The van der Waals surface area contributed by atoms with E-state index in [1.807, 2.05) is 6.92 Å². The summed E-state index contributed by atoms with van der Waals surface area (Å²) in [6.45, 7) is 3.77. The number of benzene rings is 1. The Kier molecular flexibility index (Phi) is 6.43. The van der Waals surface area contributed by atoms with Crippen LogP contribution >= 0.6 is 0 Å². The number of carbonyl (C=O) groups excluding carboxylic acids is 2. The summed E-state index contributed by atoms with van der Waals surface area (Å²) >= 11 is 0. The first kappa shape index (κ1) is 15.9. The first-order valence-corrected chi connectivity index (χ1v) is 6.47. The van der Waals surface area contributed by atoms with Gasteiger partial charge in [-0.25, -0.2) is 9.18 Å². The van der Waals surface area contributed by atoms with Crippen LogP contribution in [0.3, 0.4) is 0 Å². The third kappa shape index (κ3) is 5.65. The van der Waals surface area contributed by atoms with Gasteiger partial charge >= 0.3 is 5.97 Å². The van der Waals surface area contributed by atoms with Gasteiger partial charge in [-0.2, -0.15) is 0 Å². The summed E-state index contributed by atoms with van der Waals surface area (Å²) in [7, 11) is 0. The van der Waals surface area contributed by atoms with E-state index in [0.717, 1.165) is 25.0 Å². The van der Waals surface area contributed by atoms with Crippen molar-refractivity contribution in [3.8, 4) is 0 Å². The second kappa shape index (κ2) is 8.09. The number of hydrogen-bond donors (Lipinski definition) is 1. The number of nitrogens with one attached hydrogen (secondary N) is 1.